The fourth-order valence-electron chi connectivity index (χ4n) is 5.56. The molecule has 1 aliphatic carbocycles. The average Bonchev–Trinajstić information content (AvgIpc) is 3.21. The summed E-state index contributed by atoms with van der Waals surface area (Å²) in [5, 5.41) is 14.2. The number of aliphatic hydroxyl groups is 1. The zero-order chi connectivity index (χ0) is 26.3. The molecule has 2 aromatic carbocycles. The van der Waals surface area contributed by atoms with Crippen LogP contribution in [0.3, 0.4) is 0 Å². The minimum atomic E-state index is -1.34. The highest BCUT2D eigenvalue weighted by Gasteiger charge is 2.58. The van der Waals surface area contributed by atoms with Crippen molar-refractivity contribution in [2.45, 2.75) is 31.6 Å². The topological polar surface area (TPSA) is 83.5 Å². The number of aliphatic hydroxyl groups excluding tert-OH is 1. The van der Waals surface area contributed by atoms with Crippen LogP contribution >= 0.6 is 11.6 Å². The number of likely N-dealkylation sites (N-methyl/N-ethyl adjacent to an activating group) is 1. The molecule has 1 fully saturated rings. The summed E-state index contributed by atoms with van der Waals surface area (Å²) in [4.78, 5) is 18.7. The number of fused-ring (bicyclic) bond motifs is 1. The molecule has 2 N–H and O–H groups in total. The Labute approximate surface area is 222 Å². The second-order valence-electron chi connectivity index (χ2n) is 10.1. The molecule has 9 heteroatoms. The number of nitrogens with one attached hydrogen (secondary N) is 1. The van der Waals surface area contributed by atoms with Gasteiger partial charge in [-0.2, -0.15) is 0 Å². The van der Waals surface area contributed by atoms with Gasteiger partial charge in [-0.25, -0.2) is 0 Å². The first kappa shape index (κ1) is 25.7. The van der Waals surface area contributed by atoms with Crippen LogP contribution in [0.2, 0.25) is 5.02 Å². The van der Waals surface area contributed by atoms with E-state index in [0.29, 0.717) is 35.7 Å². The summed E-state index contributed by atoms with van der Waals surface area (Å²) in [5.74, 6) is 0.393. The van der Waals surface area contributed by atoms with Gasteiger partial charge in [-0.05, 0) is 37.2 Å². The predicted molar refractivity (Wildman–Crippen MR) is 143 cm³/mol. The molecule has 2 heterocycles. The summed E-state index contributed by atoms with van der Waals surface area (Å²) in [7, 11) is 5.14. The number of nitrogens with zero attached hydrogens (tertiary/aromatic N) is 2. The van der Waals surface area contributed by atoms with E-state index in [1.807, 2.05) is 6.92 Å². The Kier molecular flexibility index (Phi) is 7.00. The minimum Gasteiger partial charge on any atom is -0.496 e. The van der Waals surface area contributed by atoms with Crippen LogP contribution in [0.15, 0.2) is 42.1 Å². The third-order valence-electron chi connectivity index (χ3n) is 7.75. The van der Waals surface area contributed by atoms with E-state index >= 15 is 0 Å². The molecule has 198 valence electrons. The van der Waals surface area contributed by atoms with Crippen LogP contribution in [0.25, 0.3) is 0 Å². The zero-order valence-corrected chi connectivity index (χ0v) is 22.5. The molecule has 3 atom stereocenters. The SMILES string of the molecule is COc1cc(OC)c2c(c1Cl)O[C@]1(C2=O)C(NCc2ccc(N3CCN(C)CC3)cc2)=CC(O)C[C@H]1C. The van der Waals surface area contributed by atoms with Gasteiger partial charge in [0.1, 0.15) is 22.1 Å². The lowest BCUT2D eigenvalue weighted by molar-refractivity contribution is 0.0256. The fraction of sp³-hybridized carbons (Fsp3) is 0.464. The number of anilines is 1. The Morgan fingerprint density at radius 1 is 1.14 bits per heavy atom. The highest BCUT2D eigenvalue weighted by molar-refractivity contribution is 6.35. The fourth-order valence-corrected chi connectivity index (χ4v) is 5.82. The number of methoxy groups -OCH3 is 2. The molecule has 1 saturated heterocycles. The molecule has 1 unspecified atom stereocenters. The number of rotatable bonds is 6. The lowest BCUT2D eigenvalue weighted by Crippen LogP contribution is -2.55. The van der Waals surface area contributed by atoms with Crippen molar-refractivity contribution in [3.8, 4) is 17.2 Å². The molecular formula is C28H34ClN3O5. The number of hydrogen-bond donors (Lipinski definition) is 2. The highest BCUT2D eigenvalue weighted by Crippen LogP contribution is 2.54. The number of benzene rings is 2. The standard InChI is InChI=1S/C28H34ClN3O5/c1-17-13-20(33)14-23(30-16-18-5-7-19(8-6-18)32-11-9-31(2)10-12-32)28(17)27(34)24-21(35-3)15-22(36-4)25(29)26(24)37-28/h5-8,14-15,17,20,30,33H,9-13,16H2,1-4H3/t17-,20?,28+/m1/s1. The van der Waals surface area contributed by atoms with E-state index < -0.39 is 11.7 Å². The minimum absolute atomic E-state index is 0.223. The van der Waals surface area contributed by atoms with E-state index in [-0.39, 0.29) is 22.5 Å². The molecular weight excluding hydrogens is 494 g/mol. The van der Waals surface area contributed by atoms with Gasteiger partial charge in [-0.3, -0.25) is 4.79 Å². The maximum atomic E-state index is 14.0. The van der Waals surface area contributed by atoms with Gasteiger partial charge in [0.15, 0.2) is 5.75 Å². The summed E-state index contributed by atoms with van der Waals surface area (Å²) in [5.41, 5.74) is 1.74. The molecule has 3 aliphatic rings. The Hall–Kier alpha value is -2.94. The monoisotopic (exact) mass is 527 g/mol. The van der Waals surface area contributed by atoms with Crippen LogP contribution in [0.1, 0.15) is 29.3 Å². The lowest BCUT2D eigenvalue weighted by atomic mass is 9.74. The number of ketones is 1. The largest absolute Gasteiger partial charge is 0.496 e. The van der Waals surface area contributed by atoms with Crippen molar-refractivity contribution in [1.29, 1.82) is 0 Å². The van der Waals surface area contributed by atoms with Gasteiger partial charge in [-0.1, -0.05) is 30.7 Å². The number of Topliss-reactive ketones (excluding diaryl/α,β-unsaturated/α-hetero) is 1. The predicted octanol–water partition coefficient (Wildman–Crippen LogP) is 3.50. The van der Waals surface area contributed by atoms with E-state index in [2.05, 4.69) is 46.4 Å². The van der Waals surface area contributed by atoms with Crippen LogP contribution in [0, 0.1) is 5.92 Å². The van der Waals surface area contributed by atoms with Gasteiger partial charge >= 0.3 is 0 Å². The van der Waals surface area contributed by atoms with E-state index in [1.54, 1.807) is 12.1 Å². The van der Waals surface area contributed by atoms with Gasteiger partial charge in [0.05, 0.1) is 26.0 Å². The first-order valence-electron chi connectivity index (χ1n) is 12.6. The normalized spacial score (nSPS) is 25.5. The van der Waals surface area contributed by atoms with E-state index in [1.165, 1.54) is 19.9 Å². The van der Waals surface area contributed by atoms with Crippen molar-refractivity contribution in [1.82, 2.24) is 10.2 Å². The quantitative estimate of drug-likeness (QED) is 0.590. The molecule has 37 heavy (non-hydrogen) atoms. The molecule has 2 aromatic rings. The molecule has 8 nitrogen and oxygen atoms in total. The summed E-state index contributed by atoms with van der Waals surface area (Å²) >= 11 is 6.58. The average molecular weight is 528 g/mol. The first-order valence-corrected chi connectivity index (χ1v) is 13.0. The van der Waals surface area contributed by atoms with Crippen LogP contribution in [0.4, 0.5) is 5.69 Å². The van der Waals surface area contributed by atoms with Gasteiger partial charge < -0.3 is 34.4 Å². The first-order chi connectivity index (χ1) is 17.8. The highest BCUT2D eigenvalue weighted by atomic mass is 35.5. The molecule has 0 radical (unpaired) electrons. The molecule has 0 amide bonds. The van der Waals surface area contributed by atoms with Crippen molar-refractivity contribution >= 4 is 23.1 Å². The Bertz CT molecular complexity index is 1210. The van der Waals surface area contributed by atoms with Gasteiger partial charge in [0, 0.05) is 50.4 Å². The van der Waals surface area contributed by atoms with Crippen LogP contribution in [0.5, 0.6) is 17.2 Å². The number of hydrogen-bond acceptors (Lipinski definition) is 8. The Morgan fingerprint density at radius 3 is 2.46 bits per heavy atom. The molecule has 2 aliphatic heterocycles. The molecule has 0 aromatic heterocycles. The second-order valence-corrected chi connectivity index (χ2v) is 10.4. The van der Waals surface area contributed by atoms with E-state index in [4.69, 9.17) is 25.8 Å². The van der Waals surface area contributed by atoms with Crippen LogP contribution < -0.4 is 24.4 Å². The number of halogens is 1. The third-order valence-corrected chi connectivity index (χ3v) is 8.11. The van der Waals surface area contributed by atoms with E-state index in [0.717, 1.165) is 31.7 Å². The Balaban J connectivity index is 1.41. The van der Waals surface area contributed by atoms with Crippen LogP contribution in [-0.2, 0) is 6.54 Å². The van der Waals surface area contributed by atoms with Crippen molar-refractivity contribution in [2.24, 2.45) is 5.92 Å². The molecule has 0 bridgehead atoms. The maximum Gasteiger partial charge on any atom is 0.220 e. The number of carbonyl (C=O) groups excluding carboxylic acids is 1. The second kappa shape index (κ2) is 10.1. The number of piperazine rings is 1. The van der Waals surface area contributed by atoms with Crippen molar-refractivity contribution in [3.63, 3.8) is 0 Å². The van der Waals surface area contributed by atoms with Gasteiger partial charge in [-0.15, -0.1) is 0 Å². The van der Waals surface area contributed by atoms with Crippen molar-refractivity contribution in [2.75, 3.05) is 52.3 Å². The Morgan fingerprint density at radius 2 is 1.81 bits per heavy atom. The molecule has 0 saturated carbocycles. The van der Waals surface area contributed by atoms with E-state index in [9.17, 15) is 9.90 Å². The van der Waals surface area contributed by atoms with Gasteiger partial charge in [0.25, 0.3) is 0 Å². The summed E-state index contributed by atoms with van der Waals surface area (Å²) in [6.45, 7) is 6.50. The van der Waals surface area contributed by atoms with Gasteiger partial charge in [0.2, 0.25) is 11.4 Å². The van der Waals surface area contributed by atoms with Crippen molar-refractivity contribution in [3.05, 3.63) is 58.3 Å². The summed E-state index contributed by atoms with van der Waals surface area (Å²) in [6, 6.07) is 10.0. The maximum absolute atomic E-state index is 14.0. The smallest absolute Gasteiger partial charge is 0.220 e. The molecule has 1 spiro atoms. The number of carbonyl (C=O) groups is 1. The van der Waals surface area contributed by atoms with Crippen molar-refractivity contribution < 1.29 is 24.1 Å². The summed E-state index contributed by atoms with van der Waals surface area (Å²) < 4.78 is 17.3. The molecule has 5 rings (SSSR count). The third kappa shape index (κ3) is 4.41. The van der Waals surface area contributed by atoms with Crippen LogP contribution in [-0.4, -0.2) is 74.9 Å². The zero-order valence-electron chi connectivity index (χ0n) is 21.7. The summed E-state index contributed by atoms with van der Waals surface area (Å²) in [6.07, 6.45) is 1.36. The number of ether oxygens (including phenoxy) is 3. The lowest BCUT2D eigenvalue weighted by Gasteiger charge is -2.40.